The van der Waals surface area contributed by atoms with E-state index >= 15 is 0 Å². The summed E-state index contributed by atoms with van der Waals surface area (Å²) in [5.41, 5.74) is 0. The predicted molar refractivity (Wildman–Crippen MR) is 222 cm³/mol. The highest BCUT2D eigenvalue weighted by molar-refractivity contribution is 7.85. The van der Waals surface area contributed by atoms with Gasteiger partial charge in [-0.05, 0) is 70.6 Å². The molecule has 0 aliphatic heterocycles. The Balaban J connectivity index is 4.10. The quantitative estimate of drug-likeness (QED) is 0.0283. The summed E-state index contributed by atoms with van der Waals surface area (Å²) in [5, 5.41) is 23.4. The van der Waals surface area contributed by atoms with Crippen LogP contribution in [0.4, 0.5) is 0 Å². The lowest BCUT2D eigenvalue weighted by Crippen LogP contribution is -2.50. The van der Waals surface area contributed by atoms with E-state index in [0.717, 1.165) is 51.4 Å². The largest absolute Gasteiger partial charge is 0.387 e. The molecule has 0 radical (unpaired) electrons. The fourth-order valence-electron chi connectivity index (χ4n) is 6.25. The first kappa shape index (κ1) is 50.3. The summed E-state index contributed by atoms with van der Waals surface area (Å²) >= 11 is 0. The van der Waals surface area contributed by atoms with Gasteiger partial charge in [-0.25, -0.2) is 0 Å². The Kier molecular flexibility index (Phi) is 36.3. The molecule has 0 heterocycles. The van der Waals surface area contributed by atoms with Crippen molar-refractivity contribution >= 4 is 16.0 Å². The molecule has 7 nitrogen and oxygen atoms in total. The summed E-state index contributed by atoms with van der Waals surface area (Å²) < 4.78 is 32.5. The van der Waals surface area contributed by atoms with Gasteiger partial charge in [-0.1, -0.05) is 178 Å². The molecule has 0 aromatic heterocycles. The summed E-state index contributed by atoms with van der Waals surface area (Å²) in [4.78, 5) is 12.6. The molecule has 1 amide bonds. The molecule has 0 rings (SSSR count). The van der Waals surface area contributed by atoms with Gasteiger partial charge in [-0.2, -0.15) is 8.42 Å². The molecule has 52 heavy (non-hydrogen) atoms. The van der Waals surface area contributed by atoms with Gasteiger partial charge in [0.15, 0.2) is 0 Å². The minimum Gasteiger partial charge on any atom is -0.387 e. The van der Waals surface area contributed by atoms with Crippen molar-refractivity contribution in [1.82, 2.24) is 5.32 Å². The maximum absolute atomic E-state index is 12.6. The van der Waals surface area contributed by atoms with Crippen LogP contribution in [-0.4, -0.2) is 53.1 Å². The van der Waals surface area contributed by atoms with Crippen LogP contribution in [-0.2, 0) is 14.9 Å². The molecular formula is C44H81NO6S. The molecule has 0 saturated heterocycles. The Labute approximate surface area is 321 Å². The third kappa shape index (κ3) is 36.6. The molecule has 0 fully saturated rings. The van der Waals surface area contributed by atoms with Crippen LogP contribution < -0.4 is 5.32 Å². The van der Waals surface area contributed by atoms with Gasteiger partial charge in [0.2, 0.25) is 5.91 Å². The van der Waals surface area contributed by atoms with Crippen LogP contribution in [0.25, 0.3) is 0 Å². The van der Waals surface area contributed by atoms with Gasteiger partial charge in [0.05, 0.1) is 17.9 Å². The van der Waals surface area contributed by atoms with Gasteiger partial charge < -0.3 is 15.5 Å². The van der Waals surface area contributed by atoms with Crippen LogP contribution >= 0.6 is 0 Å². The number of carbonyl (C=O) groups is 1. The monoisotopic (exact) mass is 752 g/mol. The van der Waals surface area contributed by atoms with Crippen LogP contribution in [0.2, 0.25) is 0 Å². The van der Waals surface area contributed by atoms with Gasteiger partial charge in [0.1, 0.15) is 6.10 Å². The lowest BCUT2D eigenvalue weighted by molar-refractivity contribution is -0.130. The van der Waals surface area contributed by atoms with E-state index in [1.807, 2.05) is 0 Å². The van der Waals surface area contributed by atoms with Gasteiger partial charge in [0, 0.05) is 0 Å². The molecule has 304 valence electrons. The van der Waals surface area contributed by atoms with Crippen molar-refractivity contribution in [1.29, 1.82) is 0 Å². The Morgan fingerprint density at radius 2 is 0.865 bits per heavy atom. The Morgan fingerprint density at radius 3 is 1.27 bits per heavy atom. The number of aliphatic hydroxyl groups excluding tert-OH is 2. The lowest BCUT2D eigenvalue weighted by atomic mass is 10.0. The second kappa shape index (κ2) is 37.6. The number of carbonyl (C=O) groups excluding carboxylic acids is 1. The number of aliphatic hydroxyl groups is 2. The lowest BCUT2D eigenvalue weighted by Gasteiger charge is -2.22. The highest BCUT2D eigenvalue weighted by atomic mass is 32.2. The van der Waals surface area contributed by atoms with Crippen LogP contribution in [0.1, 0.15) is 200 Å². The summed E-state index contributed by atoms with van der Waals surface area (Å²) in [6, 6.07) is -1.26. The predicted octanol–water partition coefficient (Wildman–Crippen LogP) is 11.7. The molecule has 0 aromatic carbocycles. The minimum atomic E-state index is -4.46. The molecule has 0 spiro atoms. The smallest absolute Gasteiger partial charge is 0.267 e. The molecule has 0 aromatic rings. The normalized spacial score (nSPS) is 14.3. The van der Waals surface area contributed by atoms with Crippen molar-refractivity contribution < 1.29 is 28.0 Å². The fourth-order valence-corrected chi connectivity index (χ4v) is 6.98. The van der Waals surface area contributed by atoms with Crippen LogP contribution in [0.5, 0.6) is 0 Å². The number of amides is 1. The van der Waals surface area contributed by atoms with E-state index in [1.54, 1.807) is 6.08 Å². The number of unbranched alkanes of at least 4 members (excludes halogenated alkanes) is 23. The number of rotatable bonds is 38. The zero-order valence-corrected chi connectivity index (χ0v) is 34.4. The maximum atomic E-state index is 12.6. The Hall–Kier alpha value is -1.74. The first-order valence-corrected chi connectivity index (χ1v) is 23.1. The van der Waals surface area contributed by atoms with E-state index in [4.69, 9.17) is 0 Å². The average molecular weight is 752 g/mol. The van der Waals surface area contributed by atoms with E-state index in [0.29, 0.717) is 12.8 Å². The van der Waals surface area contributed by atoms with Gasteiger partial charge >= 0.3 is 0 Å². The molecule has 0 aliphatic carbocycles. The first-order valence-electron chi connectivity index (χ1n) is 21.4. The number of allylic oxidation sites excluding steroid dienone is 7. The third-order valence-electron chi connectivity index (χ3n) is 9.56. The van der Waals surface area contributed by atoms with E-state index < -0.39 is 40.0 Å². The summed E-state index contributed by atoms with van der Waals surface area (Å²) in [6.07, 6.45) is 47.4. The second-order valence-corrected chi connectivity index (χ2v) is 16.2. The van der Waals surface area contributed by atoms with Crippen LogP contribution in [0.3, 0.4) is 0 Å². The number of nitrogens with one attached hydrogen (secondary N) is 1. The Morgan fingerprint density at radius 1 is 0.519 bits per heavy atom. The number of hydrogen-bond donors (Lipinski definition) is 4. The zero-order valence-electron chi connectivity index (χ0n) is 33.5. The molecule has 3 unspecified atom stereocenters. The summed E-state index contributed by atoms with van der Waals surface area (Å²) in [7, 11) is -4.46. The van der Waals surface area contributed by atoms with Crippen molar-refractivity contribution in [3.63, 3.8) is 0 Å². The molecule has 3 atom stereocenters. The van der Waals surface area contributed by atoms with Crippen molar-refractivity contribution in [3.8, 4) is 0 Å². The van der Waals surface area contributed by atoms with Crippen LogP contribution in [0, 0.1) is 0 Å². The molecule has 0 bridgehead atoms. The summed E-state index contributed by atoms with van der Waals surface area (Å²) in [6.45, 7) is 4.50. The maximum Gasteiger partial charge on any atom is 0.267 e. The summed E-state index contributed by atoms with van der Waals surface area (Å²) in [5.74, 6) is -1.57. The van der Waals surface area contributed by atoms with E-state index in [1.165, 1.54) is 122 Å². The van der Waals surface area contributed by atoms with E-state index in [9.17, 15) is 28.0 Å². The first-order chi connectivity index (χ1) is 25.2. The van der Waals surface area contributed by atoms with Gasteiger partial charge in [-0.15, -0.1) is 0 Å². The van der Waals surface area contributed by atoms with E-state index in [2.05, 4.69) is 55.6 Å². The minimum absolute atomic E-state index is 0.263. The van der Waals surface area contributed by atoms with Crippen molar-refractivity contribution in [3.05, 3.63) is 48.6 Å². The van der Waals surface area contributed by atoms with Gasteiger partial charge in [-0.3, -0.25) is 9.35 Å². The van der Waals surface area contributed by atoms with Crippen molar-refractivity contribution in [2.24, 2.45) is 0 Å². The third-order valence-corrected chi connectivity index (χ3v) is 10.3. The molecule has 0 saturated carbocycles. The fraction of sp³-hybridized carbons (Fsp3) is 0.795. The molecule has 4 N–H and O–H groups in total. The Bertz CT molecular complexity index is 1020. The molecule has 8 heteroatoms. The van der Waals surface area contributed by atoms with Crippen molar-refractivity contribution in [2.45, 2.75) is 218 Å². The molecular weight excluding hydrogens is 671 g/mol. The zero-order chi connectivity index (χ0) is 38.4. The van der Waals surface area contributed by atoms with Crippen LogP contribution in [0.15, 0.2) is 48.6 Å². The highest BCUT2D eigenvalue weighted by Gasteiger charge is 2.27. The molecule has 0 aliphatic rings. The number of hydrogen-bond acceptors (Lipinski definition) is 5. The van der Waals surface area contributed by atoms with Crippen molar-refractivity contribution in [2.75, 3.05) is 5.75 Å². The highest BCUT2D eigenvalue weighted by Crippen LogP contribution is 2.13. The SMILES string of the molecule is CCCCCCCCC/C=C/CC/C=C/CC/C=C/C(O)C(CS(=O)(=O)O)NC(=O)C(O)CCCCCCCC/C=C\CCCCCCCCCC. The average Bonchev–Trinajstić information content (AvgIpc) is 3.11. The standard InChI is InChI=1S/C44H81NO6S/c1-3-5-7-9-11-13-15-17-19-21-23-25-27-29-31-33-35-37-39-43(47)44(48)45-41(40-52(49,50)51)42(46)38-36-34-32-30-28-26-24-22-20-18-16-14-12-10-8-6-4-2/h20-23,28,30,36,38,41-43,46-47H,3-19,24-27,29,31-35,37,39-40H2,1-2H3,(H,45,48)(H,49,50,51)/b22-20+,23-21-,30-28+,38-36+. The topological polar surface area (TPSA) is 124 Å². The van der Waals surface area contributed by atoms with E-state index in [-0.39, 0.29) is 6.42 Å². The van der Waals surface area contributed by atoms with Gasteiger partial charge in [0.25, 0.3) is 10.1 Å². The second-order valence-electron chi connectivity index (χ2n) is 14.7.